The maximum absolute atomic E-state index is 12.2. The molecule has 0 aliphatic rings. The molecule has 0 radical (unpaired) electrons. The van der Waals surface area contributed by atoms with Crippen molar-refractivity contribution in [2.24, 2.45) is 0 Å². The van der Waals surface area contributed by atoms with Gasteiger partial charge in [-0.25, -0.2) is 0 Å². The zero-order chi connectivity index (χ0) is 14.7. The van der Waals surface area contributed by atoms with Crippen molar-refractivity contribution in [3.05, 3.63) is 52.0 Å². The van der Waals surface area contributed by atoms with E-state index in [0.717, 1.165) is 0 Å². The molecule has 1 amide bonds. The Kier molecular flexibility index (Phi) is 4.37. The third-order valence-electron chi connectivity index (χ3n) is 2.68. The first-order chi connectivity index (χ1) is 9.52. The molecule has 2 aromatic carbocycles. The molecule has 0 heterocycles. The van der Waals surface area contributed by atoms with Crippen LogP contribution in [0.2, 0.25) is 10.0 Å². The van der Waals surface area contributed by atoms with E-state index in [9.17, 15) is 4.79 Å². The van der Waals surface area contributed by atoms with Crippen molar-refractivity contribution >= 4 is 40.5 Å². The van der Waals surface area contributed by atoms with Gasteiger partial charge in [0.25, 0.3) is 5.91 Å². The highest BCUT2D eigenvalue weighted by Gasteiger charge is 2.14. The van der Waals surface area contributed by atoms with Crippen LogP contribution in [0, 0.1) is 0 Å². The van der Waals surface area contributed by atoms with Crippen LogP contribution in [0.1, 0.15) is 10.4 Å². The summed E-state index contributed by atoms with van der Waals surface area (Å²) in [6, 6.07) is 9.81. The number of methoxy groups -OCH3 is 1. The van der Waals surface area contributed by atoms with Gasteiger partial charge < -0.3 is 15.8 Å². The summed E-state index contributed by atoms with van der Waals surface area (Å²) >= 11 is 11.9. The van der Waals surface area contributed by atoms with E-state index in [-0.39, 0.29) is 5.56 Å². The largest absolute Gasteiger partial charge is 0.495 e. The predicted molar refractivity (Wildman–Crippen MR) is 81.8 cm³/mol. The third kappa shape index (κ3) is 2.98. The summed E-state index contributed by atoms with van der Waals surface area (Å²) in [5.41, 5.74) is 6.86. The van der Waals surface area contributed by atoms with E-state index in [1.807, 2.05) is 0 Å². The number of benzene rings is 2. The third-order valence-corrected chi connectivity index (χ3v) is 3.31. The maximum atomic E-state index is 12.2. The Hall–Kier alpha value is -1.91. The number of nitrogens with two attached hydrogens (primary N) is 1. The van der Waals surface area contributed by atoms with E-state index in [1.165, 1.54) is 7.11 Å². The van der Waals surface area contributed by atoms with Gasteiger partial charge in [-0.1, -0.05) is 29.3 Å². The summed E-state index contributed by atoms with van der Waals surface area (Å²) in [5.74, 6) is 0.0778. The molecular formula is C14H12Cl2N2O2. The minimum atomic E-state index is -0.391. The molecule has 4 nitrogen and oxygen atoms in total. The topological polar surface area (TPSA) is 64.3 Å². The monoisotopic (exact) mass is 310 g/mol. The fraction of sp³-hybridized carbons (Fsp3) is 0.0714. The predicted octanol–water partition coefficient (Wildman–Crippen LogP) is 3.84. The molecule has 0 fully saturated rings. The molecule has 0 spiro atoms. The molecular weight excluding hydrogens is 299 g/mol. The van der Waals surface area contributed by atoms with Gasteiger partial charge in [0.15, 0.2) is 0 Å². The summed E-state index contributed by atoms with van der Waals surface area (Å²) in [4.78, 5) is 12.2. The Balaban J connectivity index is 2.28. The number of amides is 1. The molecule has 0 saturated carbocycles. The van der Waals surface area contributed by atoms with Crippen LogP contribution in [0.3, 0.4) is 0 Å². The van der Waals surface area contributed by atoms with E-state index < -0.39 is 5.91 Å². The van der Waals surface area contributed by atoms with Crippen molar-refractivity contribution in [1.29, 1.82) is 0 Å². The Morgan fingerprint density at radius 3 is 2.60 bits per heavy atom. The van der Waals surface area contributed by atoms with Crippen LogP contribution in [0.5, 0.6) is 5.75 Å². The Morgan fingerprint density at radius 2 is 1.95 bits per heavy atom. The number of ether oxygens (including phenoxy) is 1. The van der Waals surface area contributed by atoms with Crippen molar-refractivity contribution in [2.45, 2.75) is 0 Å². The van der Waals surface area contributed by atoms with Crippen LogP contribution in [0.25, 0.3) is 0 Å². The van der Waals surface area contributed by atoms with Gasteiger partial charge in [0.1, 0.15) is 5.75 Å². The van der Waals surface area contributed by atoms with Gasteiger partial charge in [-0.2, -0.15) is 0 Å². The van der Waals surface area contributed by atoms with Crippen molar-refractivity contribution < 1.29 is 9.53 Å². The summed E-state index contributed by atoms with van der Waals surface area (Å²) < 4.78 is 5.09. The van der Waals surface area contributed by atoms with E-state index in [4.69, 9.17) is 33.7 Å². The molecule has 0 atom stereocenters. The van der Waals surface area contributed by atoms with Crippen LogP contribution in [0.4, 0.5) is 11.4 Å². The normalized spacial score (nSPS) is 10.2. The zero-order valence-electron chi connectivity index (χ0n) is 10.6. The van der Waals surface area contributed by atoms with Gasteiger partial charge in [0, 0.05) is 17.4 Å². The number of hydrogen-bond donors (Lipinski definition) is 2. The van der Waals surface area contributed by atoms with Crippen LogP contribution in [-0.2, 0) is 0 Å². The van der Waals surface area contributed by atoms with Crippen LogP contribution in [-0.4, -0.2) is 13.0 Å². The number of anilines is 2. The van der Waals surface area contributed by atoms with Crippen LogP contribution < -0.4 is 15.8 Å². The first kappa shape index (κ1) is 14.5. The second kappa shape index (κ2) is 6.03. The highest BCUT2D eigenvalue weighted by atomic mass is 35.5. The number of nitrogen functional groups attached to an aromatic ring is 1. The summed E-state index contributed by atoms with van der Waals surface area (Å²) in [5, 5.41) is 3.46. The van der Waals surface area contributed by atoms with E-state index in [1.54, 1.807) is 36.4 Å². The number of rotatable bonds is 3. The molecule has 0 bridgehead atoms. The quantitative estimate of drug-likeness (QED) is 0.847. The van der Waals surface area contributed by atoms with Gasteiger partial charge in [0.2, 0.25) is 0 Å². The Morgan fingerprint density at radius 1 is 1.20 bits per heavy atom. The highest BCUT2D eigenvalue weighted by Crippen LogP contribution is 2.28. The lowest BCUT2D eigenvalue weighted by Gasteiger charge is -2.10. The molecule has 20 heavy (non-hydrogen) atoms. The number of hydrogen-bond acceptors (Lipinski definition) is 3. The second-order valence-electron chi connectivity index (χ2n) is 4.01. The summed E-state index contributed by atoms with van der Waals surface area (Å²) in [6.07, 6.45) is 0. The molecule has 104 valence electrons. The van der Waals surface area contributed by atoms with Crippen LogP contribution >= 0.6 is 23.2 Å². The number of carbonyl (C=O) groups excluding carboxylic acids is 1. The number of halogens is 2. The SMILES string of the molecule is COc1cc(NC(=O)c2c(N)cccc2Cl)ccc1Cl. The molecule has 0 unspecified atom stereocenters. The Bertz CT molecular complexity index is 639. The standard InChI is InChI=1S/C14H12Cl2N2O2/c1-20-12-7-8(5-6-9(12)15)18-14(19)13-10(16)3-2-4-11(13)17/h2-7H,17H2,1H3,(H,18,19). The molecule has 0 aromatic heterocycles. The number of carbonyl (C=O) groups is 1. The molecule has 3 N–H and O–H groups in total. The van der Waals surface area contributed by atoms with Crippen molar-refractivity contribution in [3.8, 4) is 5.75 Å². The van der Waals surface area contributed by atoms with E-state index in [2.05, 4.69) is 5.32 Å². The van der Waals surface area contributed by atoms with Gasteiger partial charge in [0.05, 0.1) is 22.7 Å². The van der Waals surface area contributed by atoms with E-state index in [0.29, 0.717) is 27.2 Å². The zero-order valence-corrected chi connectivity index (χ0v) is 12.1. The molecule has 0 aliphatic carbocycles. The van der Waals surface area contributed by atoms with E-state index >= 15 is 0 Å². The van der Waals surface area contributed by atoms with Gasteiger partial charge >= 0.3 is 0 Å². The second-order valence-corrected chi connectivity index (χ2v) is 4.82. The van der Waals surface area contributed by atoms with Crippen molar-refractivity contribution in [2.75, 3.05) is 18.2 Å². The smallest absolute Gasteiger partial charge is 0.259 e. The lowest BCUT2D eigenvalue weighted by molar-refractivity contribution is 0.102. The maximum Gasteiger partial charge on any atom is 0.259 e. The lowest BCUT2D eigenvalue weighted by atomic mass is 10.1. The molecule has 0 aliphatic heterocycles. The highest BCUT2D eigenvalue weighted by molar-refractivity contribution is 6.35. The first-order valence-corrected chi connectivity index (χ1v) is 6.47. The summed E-state index contributed by atoms with van der Waals surface area (Å²) in [6.45, 7) is 0. The average molecular weight is 311 g/mol. The lowest BCUT2D eigenvalue weighted by Crippen LogP contribution is -2.14. The number of nitrogens with one attached hydrogen (secondary N) is 1. The fourth-order valence-corrected chi connectivity index (χ4v) is 2.17. The van der Waals surface area contributed by atoms with Crippen LogP contribution in [0.15, 0.2) is 36.4 Å². The minimum Gasteiger partial charge on any atom is -0.495 e. The van der Waals surface area contributed by atoms with Crippen molar-refractivity contribution in [3.63, 3.8) is 0 Å². The Labute approximate surface area is 126 Å². The summed E-state index contributed by atoms with van der Waals surface area (Å²) in [7, 11) is 1.50. The fourth-order valence-electron chi connectivity index (χ4n) is 1.71. The minimum absolute atomic E-state index is 0.239. The molecule has 6 heteroatoms. The molecule has 0 saturated heterocycles. The average Bonchev–Trinajstić information content (AvgIpc) is 2.40. The molecule has 2 rings (SSSR count). The molecule has 2 aromatic rings. The van der Waals surface area contributed by atoms with Gasteiger partial charge in [-0.3, -0.25) is 4.79 Å². The van der Waals surface area contributed by atoms with Gasteiger partial charge in [-0.15, -0.1) is 0 Å². The van der Waals surface area contributed by atoms with Crippen molar-refractivity contribution in [1.82, 2.24) is 0 Å². The van der Waals surface area contributed by atoms with Gasteiger partial charge in [-0.05, 0) is 24.3 Å². The first-order valence-electron chi connectivity index (χ1n) is 5.72.